The summed E-state index contributed by atoms with van der Waals surface area (Å²) in [6.07, 6.45) is -27.6. The average molecular weight is 523 g/mol. The molecule has 1 aliphatic heterocycles. The van der Waals surface area contributed by atoms with E-state index in [1.807, 2.05) is 0 Å². The van der Waals surface area contributed by atoms with Gasteiger partial charge < -0.3 is 85.7 Å². The summed E-state index contributed by atoms with van der Waals surface area (Å²) in [5, 5.41) is 134. The summed E-state index contributed by atoms with van der Waals surface area (Å²) in [7, 11) is 0. The Balaban J connectivity index is 2.60. The molecular formula is C18H35O17. The largest absolute Gasteiger partial charge is 0.394 e. The highest BCUT2D eigenvalue weighted by Crippen LogP contribution is 2.24. The van der Waals surface area contributed by atoms with Crippen LogP contribution in [0.25, 0.3) is 0 Å². The molecular weight excluding hydrogens is 488 g/mol. The molecule has 0 aliphatic carbocycles. The lowest BCUT2D eigenvalue weighted by Crippen LogP contribution is -2.57. The SMILES string of the molecule is OC[C@@H](O)[C@@H](O)[C@H](O)[C@@H](O)C(O)OC[C@H]1O[CH][C@H](OC(O)[C@H](O)[C@@H](O)[C@H](O)[C@H](O)CO)[C@@H](O)[C@@H]1O. The smallest absolute Gasteiger partial charge is 0.184 e. The Labute approximate surface area is 198 Å². The van der Waals surface area contributed by atoms with E-state index in [2.05, 4.69) is 0 Å². The van der Waals surface area contributed by atoms with Crippen molar-refractivity contribution in [1.29, 1.82) is 0 Å². The van der Waals surface area contributed by atoms with Gasteiger partial charge in [-0.15, -0.1) is 0 Å². The van der Waals surface area contributed by atoms with Crippen molar-refractivity contribution < 1.29 is 85.7 Å². The third kappa shape index (κ3) is 8.69. The second kappa shape index (κ2) is 14.9. The molecule has 1 radical (unpaired) electrons. The van der Waals surface area contributed by atoms with Gasteiger partial charge in [0, 0.05) is 0 Å². The predicted molar refractivity (Wildman–Crippen MR) is 106 cm³/mol. The molecule has 17 nitrogen and oxygen atoms in total. The number of hydrogen-bond acceptors (Lipinski definition) is 17. The van der Waals surface area contributed by atoms with Crippen molar-refractivity contribution in [1.82, 2.24) is 0 Å². The molecule has 0 bridgehead atoms. The molecule has 1 aliphatic rings. The predicted octanol–water partition coefficient (Wildman–Crippen LogP) is -8.82. The van der Waals surface area contributed by atoms with Crippen LogP contribution in [0.4, 0.5) is 0 Å². The van der Waals surface area contributed by atoms with Crippen molar-refractivity contribution >= 4 is 0 Å². The standard InChI is InChI=1S/C18H35O17/c19-1-5(21)9(23)13(27)15(29)17(31)34-3-7-11(25)12(26)8(4-33-7)35-18(32)16(30)14(28)10(24)6(22)2-20/h4-32H,1-3H2/t5-,6-,7-,8+,9-,10-,11-,12-,13+,14+,15-,16-,17?,18?/m1/s1. The summed E-state index contributed by atoms with van der Waals surface area (Å²) in [6.45, 7) is -1.86. The summed E-state index contributed by atoms with van der Waals surface area (Å²) in [5.74, 6) is 0. The second-order valence-corrected chi connectivity index (χ2v) is 7.95. The zero-order chi connectivity index (χ0) is 27.0. The fourth-order valence-electron chi connectivity index (χ4n) is 2.95. The molecule has 1 saturated heterocycles. The highest BCUT2D eigenvalue weighted by molar-refractivity contribution is 4.94. The molecule has 2 unspecified atom stereocenters. The number of aliphatic hydroxyl groups excluding tert-OH is 14. The lowest BCUT2D eigenvalue weighted by molar-refractivity contribution is -0.271. The maximum Gasteiger partial charge on any atom is 0.184 e. The lowest BCUT2D eigenvalue weighted by Gasteiger charge is -2.39. The quantitative estimate of drug-likeness (QED) is 0.0886. The van der Waals surface area contributed by atoms with Crippen LogP contribution in [0, 0.1) is 6.61 Å². The third-order valence-electron chi connectivity index (χ3n) is 5.33. The first-order valence-electron chi connectivity index (χ1n) is 10.4. The van der Waals surface area contributed by atoms with Crippen LogP contribution in [-0.4, -0.2) is 177 Å². The second-order valence-electron chi connectivity index (χ2n) is 7.95. The van der Waals surface area contributed by atoms with Crippen molar-refractivity contribution in [3.63, 3.8) is 0 Å². The maximum atomic E-state index is 10.2. The summed E-state index contributed by atoms with van der Waals surface area (Å²) in [4.78, 5) is 0. The fourth-order valence-corrected chi connectivity index (χ4v) is 2.95. The number of ether oxygens (including phenoxy) is 3. The molecule has 0 aromatic carbocycles. The first-order valence-corrected chi connectivity index (χ1v) is 10.4. The molecule has 1 rings (SSSR count). The Morgan fingerprint density at radius 3 is 1.54 bits per heavy atom. The van der Waals surface area contributed by atoms with Crippen molar-refractivity contribution in [3.05, 3.63) is 6.61 Å². The van der Waals surface area contributed by atoms with Gasteiger partial charge in [-0.2, -0.15) is 0 Å². The Morgan fingerprint density at radius 2 is 1.09 bits per heavy atom. The molecule has 17 heteroatoms. The molecule has 14 atom stereocenters. The summed E-state index contributed by atoms with van der Waals surface area (Å²) < 4.78 is 14.8. The van der Waals surface area contributed by atoms with E-state index in [9.17, 15) is 61.3 Å². The van der Waals surface area contributed by atoms with Crippen LogP contribution in [0.15, 0.2) is 0 Å². The van der Waals surface area contributed by atoms with Gasteiger partial charge in [0.1, 0.15) is 79.9 Å². The van der Waals surface area contributed by atoms with Crippen LogP contribution < -0.4 is 0 Å². The van der Waals surface area contributed by atoms with E-state index in [0.29, 0.717) is 0 Å². The average Bonchev–Trinajstić information content (AvgIpc) is 2.86. The number of aliphatic hydroxyl groups is 14. The Hall–Kier alpha value is -0.680. The van der Waals surface area contributed by atoms with E-state index in [1.165, 1.54) is 0 Å². The first kappa shape index (κ1) is 32.3. The van der Waals surface area contributed by atoms with E-state index in [4.69, 9.17) is 24.4 Å². The monoisotopic (exact) mass is 523 g/mol. The van der Waals surface area contributed by atoms with E-state index >= 15 is 0 Å². The number of rotatable bonds is 15. The highest BCUT2D eigenvalue weighted by Gasteiger charge is 2.43. The van der Waals surface area contributed by atoms with Crippen molar-refractivity contribution in [2.24, 2.45) is 0 Å². The van der Waals surface area contributed by atoms with Crippen molar-refractivity contribution in [3.8, 4) is 0 Å². The third-order valence-corrected chi connectivity index (χ3v) is 5.33. The molecule has 209 valence electrons. The van der Waals surface area contributed by atoms with Gasteiger partial charge in [-0.25, -0.2) is 0 Å². The van der Waals surface area contributed by atoms with Crippen molar-refractivity contribution in [2.45, 2.75) is 85.8 Å². The molecule has 35 heavy (non-hydrogen) atoms. The Morgan fingerprint density at radius 1 is 0.629 bits per heavy atom. The van der Waals surface area contributed by atoms with Crippen LogP contribution >= 0.6 is 0 Å². The van der Waals surface area contributed by atoms with Crippen molar-refractivity contribution in [2.75, 3.05) is 19.8 Å². The zero-order valence-electron chi connectivity index (χ0n) is 18.3. The van der Waals surface area contributed by atoms with E-state index < -0.39 is 106 Å². The molecule has 0 saturated carbocycles. The van der Waals surface area contributed by atoms with Crippen LogP contribution in [0.2, 0.25) is 0 Å². The van der Waals surface area contributed by atoms with E-state index in [1.54, 1.807) is 0 Å². The minimum Gasteiger partial charge on any atom is -0.394 e. The van der Waals surface area contributed by atoms with E-state index in [0.717, 1.165) is 6.61 Å². The van der Waals surface area contributed by atoms with Gasteiger partial charge in [-0.3, -0.25) is 0 Å². The molecule has 0 amide bonds. The molecule has 14 N–H and O–H groups in total. The molecule has 0 aromatic rings. The van der Waals surface area contributed by atoms with Crippen LogP contribution in [0.1, 0.15) is 0 Å². The van der Waals surface area contributed by atoms with Gasteiger partial charge in [-0.1, -0.05) is 0 Å². The summed E-state index contributed by atoms with van der Waals surface area (Å²) in [5.41, 5.74) is 0. The molecule has 1 fully saturated rings. The van der Waals surface area contributed by atoms with Gasteiger partial charge in [0.25, 0.3) is 0 Å². The fraction of sp³-hybridized carbons (Fsp3) is 0.944. The zero-order valence-corrected chi connectivity index (χ0v) is 18.3. The summed E-state index contributed by atoms with van der Waals surface area (Å²) in [6, 6.07) is 0. The highest BCUT2D eigenvalue weighted by atomic mass is 16.7. The van der Waals surface area contributed by atoms with Crippen LogP contribution in [-0.2, 0) is 14.2 Å². The minimum atomic E-state index is -2.27. The van der Waals surface area contributed by atoms with Gasteiger partial charge in [0.2, 0.25) is 0 Å². The lowest BCUT2D eigenvalue weighted by atomic mass is 9.99. The molecule has 0 aromatic heterocycles. The van der Waals surface area contributed by atoms with Gasteiger partial charge >= 0.3 is 0 Å². The van der Waals surface area contributed by atoms with E-state index in [-0.39, 0.29) is 0 Å². The van der Waals surface area contributed by atoms with Crippen LogP contribution in [0.5, 0.6) is 0 Å². The number of hydrogen-bond donors (Lipinski definition) is 14. The normalized spacial score (nSPS) is 32.1. The van der Waals surface area contributed by atoms with Gasteiger partial charge in [0.05, 0.1) is 19.8 Å². The Bertz CT molecular complexity index is 583. The Kier molecular flexibility index (Phi) is 13.8. The van der Waals surface area contributed by atoms with Crippen LogP contribution in [0.3, 0.4) is 0 Å². The molecule has 0 spiro atoms. The van der Waals surface area contributed by atoms with Gasteiger partial charge in [-0.05, 0) is 0 Å². The first-order chi connectivity index (χ1) is 16.3. The minimum absolute atomic E-state index is 0.708. The molecule has 1 heterocycles. The van der Waals surface area contributed by atoms with Gasteiger partial charge in [0.15, 0.2) is 12.6 Å². The summed E-state index contributed by atoms with van der Waals surface area (Å²) >= 11 is 0. The topological polar surface area (TPSA) is 311 Å². The maximum absolute atomic E-state index is 10.2.